The fourth-order valence-electron chi connectivity index (χ4n) is 0.558. The quantitative estimate of drug-likeness (QED) is 0.729. The Hall–Kier alpha value is -1.21. The standard InChI is InChI=1S/C6H10N4O2S/c1-10(2)13(11,12)9-6-7-4-3-5-8-6/h3-5H,1-2H3,(H,7,8,9). The van der Waals surface area contributed by atoms with Crippen LogP contribution in [0.3, 0.4) is 0 Å². The van der Waals surface area contributed by atoms with E-state index in [0.717, 1.165) is 4.31 Å². The minimum Gasteiger partial charge on any atom is -0.238 e. The van der Waals surface area contributed by atoms with E-state index in [0.29, 0.717) is 0 Å². The maximum absolute atomic E-state index is 11.2. The summed E-state index contributed by atoms with van der Waals surface area (Å²) < 4.78 is 25.7. The molecule has 0 bridgehead atoms. The maximum atomic E-state index is 11.2. The molecular formula is C6H10N4O2S. The van der Waals surface area contributed by atoms with E-state index in [-0.39, 0.29) is 5.95 Å². The molecule has 0 aliphatic rings. The second-order valence-electron chi connectivity index (χ2n) is 2.46. The molecule has 72 valence electrons. The molecule has 1 aromatic heterocycles. The van der Waals surface area contributed by atoms with E-state index >= 15 is 0 Å². The summed E-state index contributed by atoms with van der Waals surface area (Å²) in [5.41, 5.74) is 0. The van der Waals surface area contributed by atoms with Crippen LogP contribution in [0.1, 0.15) is 0 Å². The van der Waals surface area contributed by atoms with Crippen molar-refractivity contribution in [3.63, 3.8) is 0 Å². The minimum atomic E-state index is -3.49. The first-order valence-electron chi connectivity index (χ1n) is 3.49. The molecule has 1 rings (SSSR count). The Morgan fingerprint density at radius 3 is 2.31 bits per heavy atom. The first-order chi connectivity index (χ1) is 6.02. The molecule has 1 heterocycles. The molecule has 0 unspecified atom stereocenters. The van der Waals surface area contributed by atoms with Crippen molar-refractivity contribution in [3.05, 3.63) is 18.5 Å². The molecule has 7 heteroatoms. The second-order valence-corrected chi connectivity index (χ2v) is 4.35. The Balaban J connectivity index is 2.82. The number of aromatic nitrogens is 2. The first kappa shape index (κ1) is 9.87. The lowest BCUT2D eigenvalue weighted by atomic mass is 10.7. The number of nitrogens with one attached hydrogen (secondary N) is 1. The lowest BCUT2D eigenvalue weighted by Gasteiger charge is -2.11. The van der Waals surface area contributed by atoms with Crippen LogP contribution in [0, 0.1) is 0 Å². The summed E-state index contributed by atoms with van der Waals surface area (Å²) in [6.45, 7) is 0. The average Bonchev–Trinajstić information content (AvgIpc) is 2.05. The monoisotopic (exact) mass is 202 g/mol. The maximum Gasteiger partial charge on any atom is 0.303 e. The highest BCUT2D eigenvalue weighted by molar-refractivity contribution is 7.90. The highest BCUT2D eigenvalue weighted by Gasteiger charge is 2.13. The van der Waals surface area contributed by atoms with Crippen molar-refractivity contribution >= 4 is 16.2 Å². The molecule has 0 radical (unpaired) electrons. The highest BCUT2D eigenvalue weighted by atomic mass is 32.2. The summed E-state index contributed by atoms with van der Waals surface area (Å²) in [5, 5.41) is 0. The highest BCUT2D eigenvalue weighted by Crippen LogP contribution is 2.00. The van der Waals surface area contributed by atoms with Crippen LogP contribution in [-0.2, 0) is 10.2 Å². The topological polar surface area (TPSA) is 75.2 Å². The molecule has 0 saturated heterocycles. The molecule has 0 fully saturated rings. The van der Waals surface area contributed by atoms with Gasteiger partial charge in [-0.2, -0.15) is 12.7 Å². The normalized spacial score (nSPS) is 11.6. The van der Waals surface area contributed by atoms with Gasteiger partial charge in [0.15, 0.2) is 0 Å². The van der Waals surface area contributed by atoms with Gasteiger partial charge in [0.2, 0.25) is 5.95 Å². The Labute approximate surface area is 76.8 Å². The van der Waals surface area contributed by atoms with Crippen molar-refractivity contribution in [1.82, 2.24) is 14.3 Å². The van der Waals surface area contributed by atoms with E-state index in [9.17, 15) is 8.42 Å². The molecule has 0 aromatic carbocycles. The third-order valence-electron chi connectivity index (χ3n) is 1.27. The molecule has 1 aromatic rings. The smallest absolute Gasteiger partial charge is 0.238 e. The van der Waals surface area contributed by atoms with Gasteiger partial charge < -0.3 is 0 Å². The van der Waals surface area contributed by atoms with Crippen LogP contribution in [0.2, 0.25) is 0 Å². The van der Waals surface area contributed by atoms with Crippen LogP contribution in [0.25, 0.3) is 0 Å². The van der Waals surface area contributed by atoms with Gasteiger partial charge in [0.1, 0.15) is 0 Å². The molecular weight excluding hydrogens is 192 g/mol. The Morgan fingerprint density at radius 1 is 1.31 bits per heavy atom. The Morgan fingerprint density at radius 2 is 1.85 bits per heavy atom. The average molecular weight is 202 g/mol. The van der Waals surface area contributed by atoms with E-state index in [1.807, 2.05) is 0 Å². The second kappa shape index (κ2) is 3.67. The van der Waals surface area contributed by atoms with E-state index in [1.165, 1.54) is 26.5 Å². The van der Waals surface area contributed by atoms with Crippen LogP contribution >= 0.6 is 0 Å². The molecule has 6 nitrogen and oxygen atoms in total. The molecule has 0 spiro atoms. The molecule has 0 saturated carbocycles. The number of hydrogen-bond acceptors (Lipinski definition) is 4. The van der Waals surface area contributed by atoms with E-state index in [2.05, 4.69) is 14.7 Å². The third kappa shape index (κ3) is 2.63. The summed E-state index contributed by atoms with van der Waals surface area (Å²) in [4.78, 5) is 7.44. The van der Waals surface area contributed by atoms with Gasteiger partial charge in [0.05, 0.1) is 0 Å². The van der Waals surface area contributed by atoms with E-state index in [1.54, 1.807) is 6.07 Å². The fraction of sp³-hybridized carbons (Fsp3) is 0.333. The van der Waals surface area contributed by atoms with Crippen LogP contribution < -0.4 is 4.72 Å². The van der Waals surface area contributed by atoms with Gasteiger partial charge >= 0.3 is 10.2 Å². The zero-order chi connectivity index (χ0) is 9.90. The Bertz CT molecular complexity index is 361. The molecule has 0 amide bonds. The zero-order valence-corrected chi connectivity index (χ0v) is 8.11. The predicted octanol–water partition coefficient (Wildman–Crippen LogP) is -0.305. The number of nitrogens with zero attached hydrogens (tertiary/aromatic N) is 3. The van der Waals surface area contributed by atoms with Gasteiger partial charge in [-0.1, -0.05) is 0 Å². The Kier molecular flexibility index (Phi) is 2.79. The van der Waals surface area contributed by atoms with Gasteiger partial charge in [-0.15, -0.1) is 0 Å². The van der Waals surface area contributed by atoms with Crippen molar-refractivity contribution in [2.75, 3.05) is 18.8 Å². The zero-order valence-electron chi connectivity index (χ0n) is 7.30. The number of hydrogen-bond donors (Lipinski definition) is 1. The summed E-state index contributed by atoms with van der Waals surface area (Å²) >= 11 is 0. The third-order valence-corrected chi connectivity index (χ3v) is 2.67. The number of rotatable bonds is 3. The molecule has 0 aliphatic heterocycles. The van der Waals surface area contributed by atoms with Crippen LogP contribution in [0.5, 0.6) is 0 Å². The molecule has 0 aliphatic carbocycles. The summed E-state index contributed by atoms with van der Waals surface area (Å²) in [7, 11) is -0.649. The minimum absolute atomic E-state index is 0.0659. The summed E-state index contributed by atoms with van der Waals surface area (Å²) in [6.07, 6.45) is 2.92. The van der Waals surface area contributed by atoms with Gasteiger partial charge in [0.25, 0.3) is 0 Å². The van der Waals surface area contributed by atoms with Crippen LogP contribution in [0.15, 0.2) is 18.5 Å². The fourth-order valence-corrected chi connectivity index (χ4v) is 1.08. The molecule has 0 atom stereocenters. The van der Waals surface area contributed by atoms with Crippen molar-refractivity contribution < 1.29 is 8.42 Å². The predicted molar refractivity (Wildman–Crippen MR) is 48.3 cm³/mol. The van der Waals surface area contributed by atoms with E-state index in [4.69, 9.17) is 0 Å². The molecule has 13 heavy (non-hydrogen) atoms. The van der Waals surface area contributed by atoms with Crippen molar-refractivity contribution in [1.29, 1.82) is 0 Å². The van der Waals surface area contributed by atoms with Crippen molar-refractivity contribution in [2.45, 2.75) is 0 Å². The first-order valence-corrected chi connectivity index (χ1v) is 4.93. The van der Waals surface area contributed by atoms with Gasteiger partial charge in [-0.25, -0.2) is 14.7 Å². The number of anilines is 1. The SMILES string of the molecule is CN(C)S(=O)(=O)Nc1ncccn1. The lowest BCUT2D eigenvalue weighted by Crippen LogP contribution is -2.29. The summed E-state index contributed by atoms with van der Waals surface area (Å²) in [5.74, 6) is 0.0659. The summed E-state index contributed by atoms with van der Waals surface area (Å²) in [6, 6.07) is 1.60. The van der Waals surface area contributed by atoms with Crippen molar-refractivity contribution in [3.8, 4) is 0 Å². The van der Waals surface area contributed by atoms with Gasteiger partial charge in [-0.05, 0) is 6.07 Å². The van der Waals surface area contributed by atoms with E-state index < -0.39 is 10.2 Å². The van der Waals surface area contributed by atoms with Gasteiger partial charge in [0, 0.05) is 26.5 Å². The van der Waals surface area contributed by atoms with Gasteiger partial charge in [-0.3, -0.25) is 0 Å². The molecule has 1 N–H and O–H groups in total. The largest absolute Gasteiger partial charge is 0.303 e. The van der Waals surface area contributed by atoms with Crippen LogP contribution in [0.4, 0.5) is 5.95 Å². The van der Waals surface area contributed by atoms with Crippen molar-refractivity contribution in [2.24, 2.45) is 0 Å². The lowest BCUT2D eigenvalue weighted by molar-refractivity contribution is 0.526. The van der Waals surface area contributed by atoms with Crippen LogP contribution in [-0.4, -0.2) is 36.8 Å².